The van der Waals surface area contributed by atoms with Gasteiger partial charge in [0.2, 0.25) is 5.71 Å². The Bertz CT molecular complexity index is 373. The van der Waals surface area contributed by atoms with E-state index >= 15 is 0 Å². The molecule has 0 unspecified atom stereocenters. The molecule has 0 spiro atoms. The van der Waals surface area contributed by atoms with Gasteiger partial charge >= 0.3 is 5.97 Å². The number of rotatable bonds is 4. The molecule has 0 saturated carbocycles. The molecule has 0 radical (unpaired) electrons. The standard InChI is InChI=1S/C9H12N2O3S/c1-4-14-9(12)8(11-13-3)7-5-15-6(2)10-7/h5H,4H2,1-3H3/b11-8+. The normalized spacial score (nSPS) is 11.3. The fourth-order valence-electron chi connectivity index (χ4n) is 0.952. The molecule has 0 saturated heterocycles. The lowest BCUT2D eigenvalue weighted by Crippen LogP contribution is -2.19. The maximum Gasteiger partial charge on any atom is 0.362 e. The summed E-state index contributed by atoms with van der Waals surface area (Å²) in [5.41, 5.74) is 0.585. The number of aromatic nitrogens is 1. The van der Waals surface area contributed by atoms with Crippen LogP contribution in [0.15, 0.2) is 10.5 Å². The van der Waals surface area contributed by atoms with E-state index in [4.69, 9.17) is 4.74 Å². The van der Waals surface area contributed by atoms with Crippen molar-refractivity contribution in [2.45, 2.75) is 13.8 Å². The number of aryl methyl sites for hydroxylation is 1. The van der Waals surface area contributed by atoms with Crippen molar-refractivity contribution in [1.29, 1.82) is 0 Å². The van der Waals surface area contributed by atoms with Crippen molar-refractivity contribution in [2.24, 2.45) is 5.16 Å². The van der Waals surface area contributed by atoms with Crippen LogP contribution in [-0.2, 0) is 14.4 Å². The van der Waals surface area contributed by atoms with Crippen LogP contribution in [0.2, 0.25) is 0 Å². The molecule has 1 rings (SSSR count). The van der Waals surface area contributed by atoms with Gasteiger partial charge in [-0.15, -0.1) is 11.3 Å². The van der Waals surface area contributed by atoms with Crippen molar-refractivity contribution in [3.63, 3.8) is 0 Å². The fraction of sp³-hybridized carbons (Fsp3) is 0.444. The summed E-state index contributed by atoms with van der Waals surface area (Å²) < 4.78 is 4.84. The molecule has 0 amide bonds. The van der Waals surface area contributed by atoms with E-state index < -0.39 is 5.97 Å². The molecule has 0 aliphatic rings. The zero-order valence-corrected chi connectivity index (χ0v) is 9.63. The number of thiazole rings is 1. The number of oxime groups is 1. The summed E-state index contributed by atoms with van der Waals surface area (Å²) in [5, 5.41) is 6.21. The quantitative estimate of drug-likeness (QED) is 0.443. The SMILES string of the molecule is CCOC(=O)/C(=N/OC)c1csc(C)n1. The van der Waals surface area contributed by atoms with Crippen LogP contribution in [0.1, 0.15) is 17.6 Å². The lowest BCUT2D eigenvalue weighted by molar-refractivity contribution is -0.135. The zero-order valence-electron chi connectivity index (χ0n) is 8.81. The first-order valence-corrected chi connectivity index (χ1v) is 5.27. The molecule has 1 aromatic heterocycles. The Balaban J connectivity index is 2.93. The summed E-state index contributed by atoms with van der Waals surface area (Å²) in [4.78, 5) is 20.2. The second-order valence-corrected chi connectivity index (χ2v) is 3.66. The Labute approximate surface area is 91.7 Å². The monoisotopic (exact) mass is 228 g/mol. The van der Waals surface area contributed by atoms with Crippen molar-refractivity contribution >= 4 is 23.0 Å². The van der Waals surface area contributed by atoms with Crippen molar-refractivity contribution in [1.82, 2.24) is 4.98 Å². The Morgan fingerprint density at radius 1 is 1.67 bits per heavy atom. The van der Waals surface area contributed by atoms with Gasteiger partial charge in [-0.25, -0.2) is 9.78 Å². The summed E-state index contributed by atoms with van der Waals surface area (Å²) in [7, 11) is 1.37. The summed E-state index contributed by atoms with van der Waals surface area (Å²) in [5.74, 6) is -0.523. The summed E-state index contributed by atoms with van der Waals surface area (Å²) >= 11 is 1.44. The molecule has 6 heteroatoms. The second kappa shape index (κ2) is 5.45. The highest BCUT2D eigenvalue weighted by molar-refractivity contribution is 7.09. The largest absolute Gasteiger partial charge is 0.461 e. The molecule has 1 aromatic rings. The third-order valence-corrected chi connectivity index (χ3v) is 2.29. The molecule has 0 bridgehead atoms. The average Bonchev–Trinajstić information content (AvgIpc) is 2.61. The zero-order chi connectivity index (χ0) is 11.3. The molecule has 15 heavy (non-hydrogen) atoms. The van der Waals surface area contributed by atoms with Crippen LogP contribution in [-0.4, -0.2) is 30.4 Å². The van der Waals surface area contributed by atoms with E-state index in [1.165, 1.54) is 18.4 Å². The van der Waals surface area contributed by atoms with E-state index in [-0.39, 0.29) is 5.71 Å². The smallest absolute Gasteiger partial charge is 0.362 e. The van der Waals surface area contributed by atoms with Crippen LogP contribution in [0.4, 0.5) is 0 Å². The molecule has 1 heterocycles. The molecular weight excluding hydrogens is 216 g/mol. The average molecular weight is 228 g/mol. The third-order valence-electron chi connectivity index (χ3n) is 1.51. The van der Waals surface area contributed by atoms with E-state index in [2.05, 4.69) is 15.0 Å². The highest BCUT2D eigenvalue weighted by Crippen LogP contribution is 2.10. The number of carbonyl (C=O) groups is 1. The topological polar surface area (TPSA) is 60.8 Å². The van der Waals surface area contributed by atoms with Crippen LogP contribution in [0.3, 0.4) is 0 Å². The Morgan fingerprint density at radius 2 is 2.40 bits per heavy atom. The van der Waals surface area contributed by atoms with E-state index in [0.717, 1.165) is 5.01 Å². The number of nitrogens with zero attached hydrogens (tertiary/aromatic N) is 2. The lowest BCUT2D eigenvalue weighted by Gasteiger charge is -2.01. The van der Waals surface area contributed by atoms with Crippen LogP contribution in [0.5, 0.6) is 0 Å². The van der Waals surface area contributed by atoms with E-state index in [1.807, 2.05) is 6.92 Å². The van der Waals surface area contributed by atoms with Crippen LogP contribution >= 0.6 is 11.3 Å². The summed E-state index contributed by atoms with van der Waals surface area (Å²) in [6, 6.07) is 0. The third kappa shape index (κ3) is 3.02. The molecule has 0 aliphatic carbocycles. The van der Waals surface area contributed by atoms with Crippen molar-refractivity contribution in [3.05, 3.63) is 16.1 Å². The molecule has 82 valence electrons. The van der Waals surface area contributed by atoms with Gasteiger partial charge in [-0.05, 0) is 13.8 Å². The van der Waals surface area contributed by atoms with Gasteiger partial charge in [0, 0.05) is 5.38 Å². The van der Waals surface area contributed by atoms with Gasteiger partial charge in [0.15, 0.2) is 0 Å². The van der Waals surface area contributed by atoms with Gasteiger partial charge in [0.1, 0.15) is 12.8 Å². The van der Waals surface area contributed by atoms with E-state index in [9.17, 15) is 4.79 Å². The van der Waals surface area contributed by atoms with Crippen molar-refractivity contribution in [3.8, 4) is 0 Å². The van der Waals surface area contributed by atoms with E-state index in [1.54, 1.807) is 12.3 Å². The highest BCUT2D eigenvalue weighted by Gasteiger charge is 2.18. The van der Waals surface area contributed by atoms with Crippen LogP contribution < -0.4 is 0 Å². The lowest BCUT2D eigenvalue weighted by atomic mass is 10.3. The van der Waals surface area contributed by atoms with Gasteiger partial charge in [-0.3, -0.25) is 0 Å². The van der Waals surface area contributed by atoms with Gasteiger partial charge in [-0.1, -0.05) is 5.16 Å². The minimum Gasteiger partial charge on any atom is -0.461 e. The number of ether oxygens (including phenoxy) is 1. The number of hydrogen-bond donors (Lipinski definition) is 0. The first kappa shape index (κ1) is 11.6. The fourth-order valence-corrected chi connectivity index (χ4v) is 1.55. The number of esters is 1. The van der Waals surface area contributed by atoms with Gasteiger partial charge in [-0.2, -0.15) is 0 Å². The van der Waals surface area contributed by atoms with Crippen molar-refractivity contribution in [2.75, 3.05) is 13.7 Å². The van der Waals surface area contributed by atoms with Gasteiger partial charge in [0.25, 0.3) is 0 Å². The summed E-state index contributed by atoms with van der Waals surface area (Å²) in [6.07, 6.45) is 0. The first-order chi connectivity index (χ1) is 7.19. The summed E-state index contributed by atoms with van der Waals surface area (Å²) in [6.45, 7) is 3.88. The minimum atomic E-state index is -0.523. The molecule has 0 fully saturated rings. The maximum absolute atomic E-state index is 11.5. The van der Waals surface area contributed by atoms with Crippen LogP contribution in [0.25, 0.3) is 0 Å². The molecule has 5 nitrogen and oxygen atoms in total. The first-order valence-electron chi connectivity index (χ1n) is 4.39. The Kier molecular flexibility index (Phi) is 4.23. The predicted octanol–water partition coefficient (Wildman–Crippen LogP) is 1.37. The molecule has 0 atom stereocenters. The van der Waals surface area contributed by atoms with E-state index in [0.29, 0.717) is 12.3 Å². The molecular formula is C9H12N2O3S. The Hall–Kier alpha value is -1.43. The number of carbonyl (C=O) groups excluding carboxylic acids is 1. The highest BCUT2D eigenvalue weighted by atomic mass is 32.1. The van der Waals surface area contributed by atoms with Crippen molar-refractivity contribution < 1.29 is 14.4 Å². The van der Waals surface area contributed by atoms with Crippen LogP contribution in [0, 0.1) is 6.92 Å². The molecule has 0 N–H and O–H groups in total. The predicted molar refractivity (Wildman–Crippen MR) is 57.0 cm³/mol. The van der Waals surface area contributed by atoms with Gasteiger partial charge < -0.3 is 9.57 Å². The van der Waals surface area contributed by atoms with Gasteiger partial charge in [0.05, 0.1) is 11.6 Å². The molecule has 0 aliphatic heterocycles. The maximum atomic E-state index is 11.5. The second-order valence-electron chi connectivity index (χ2n) is 2.59. The number of hydrogen-bond acceptors (Lipinski definition) is 6. The molecule has 0 aromatic carbocycles. The Morgan fingerprint density at radius 3 is 2.87 bits per heavy atom. The minimum absolute atomic E-state index is 0.101.